The van der Waals surface area contributed by atoms with E-state index in [1.165, 1.54) is 11.3 Å². The van der Waals surface area contributed by atoms with E-state index in [-0.39, 0.29) is 0 Å². The summed E-state index contributed by atoms with van der Waals surface area (Å²) in [6.07, 6.45) is 0.834. The molecule has 0 aliphatic carbocycles. The summed E-state index contributed by atoms with van der Waals surface area (Å²) < 4.78 is 2.44. The van der Waals surface area contributed by atoms with E-state index in [4.69, 9.17) is 12.2 Å². The van der Waals surface area contributed by atoms with Gasteiger partial charge in [-0.2, -0.15) is 5.10 Å². The van der Waals surface area contributed by atoms with E-state index >= 15 is 0 Å². The molecule has 0 saturated heterocycles. The zero-order valence-corrected chi connectivity index (χ0v) is 13.7. The minimum absolute atomic E-state index is 0.603. The Hall–Kier alpha value is -1.82. The number of nitrogens with zero attached hydrogens (tertiary/aromatic N) is 3. The first-order valence-corrected chi connectivity index (χ1v) is 7.84. The van der Waals surface area contributed by atoms with Crippen molar-refractivity contribution in [2.24, 2.45) is 0 Å². The van der Waals surface area contributed by atoms with Crippen molar-refractivity contribution >= 4 is 17.9 Å². The fourth-order valence-electron chi connectivity index (χ4n) is 2.31. The van der Waals surface area contributed by atoms with E-state index in [1.807, 2.05) is 4.68 Å². The minimum Gasteiger partial charge on any atom is -0.372 e. The molecule has 0 amide bonds. The Kier molecular flexibility index (Phi) is 5.38. The van der Waals surface area contributed by atoms with Crippen molar-refractivity contribution in [2.45, 2.75) is 33.7 Å². The average molecular weight is 305 g/mol. The summed E-state index contributed by atoms with van der Waals surface area (Å²) in [5, 5.41) is 6.99. The highest BCUT2D eigenvalue weighted by atomic mass is 32.1. The Morgan fingerprint density at radius 3 is 2.43 bits per heavy atom. The first-order chi connectivity index (χ1) is 10.2. The molecular formula is C15H23N5S. The molecule has 0 atom stereocenters. The molecule has 6 heteroatoms. The molecule has 0 fully saturated rings. The Morgan fingerprint density at radius 2 is 1.86 bits per heavy atom. The van der Waals surface area contributed by atoms with Gasteiger partial charge in [-0.05, 0) is 43.8 Å². The number of aromatic amines is 1. The highest BCUT2D eigenvalue weighted by Gasteiger charge is 2.04. The molecule has 1 aromatic heterocycles. The largest absolute Gasteiger partial charge is 0.372 e. The maximum absolute atomic E-state index is 5.22. The van der Waals surface area contributed by atoms with Crippen molar-refractivity contribution in [3.05, 3.63) is 40.4 Å². The second kappa shape index (κ2) is 7.26. The van der Waals surface area contributed by atoms with Gasteiger partial charge in [-0.25, -0.2) is 4.68 Å². The quantitative estimate of drug-likeness (QED) is 0.772. The fourth-order valence-corrected chi connectivity index (χ4v) is 2.53. The second-order valence-electron chi connectivity index (χ2n) is 4.81. The molecule has 0 bridgehead atoms. The van der Waals surface area contributed by atoms with Gasteiger partial charge in [-0.3, -0.25) is 5.10 Å². The van der Waals surface area contributed by atoms with Crippen LogP contribution in [-0.4, -0.2) is 28.0 Å². The predicted octanol–water partition coefficient (Wildman–Crippen LogP) is 3.09. The molecule has 0 unspecified atom stereocenters. The highest BCUT2D eigenvalue weighted by molar-refractivity contribution is 7.71. The van der Waals surface area contributed by atoms with Crippen molar-refractivity contribution in [3.63, 3.8) is 0 Å². The van der Waals surface area contributed by atoms with Crippen molar-refractivity contribution in [1.82, 2.24) is 14.9 Å². The molecule has 2 rings (SSSR count). The smallest absolute Gasteiger partial charge is 0.214 e. The lowest BCUT2D eigenvalue weighted by Gasteiger charge is -2.21. The molecule has 2 N–H and O–H groups in total. The SMILES string of the molecule is CCc1n[nH]c(=S)n1NCc1ccc(N(CC)CC)cc1. The van der Waals surface area contributed by atoms with Crippen molar-refractivity contribution in [3.8, 4) is 0 Å². The van der Waals surface area contributed by atoms with E-state index in [0.29, 0.717) is 4.77 Å². The molecule has 0 radical (unpaired) electrons. The Morgan fingerprint density at radius 1 is 1.19 bits per heavy atom. The van der Waals surface area contributed by atoms with E-state index in [1.54, 1.807) is 0 Å². The van der Waals surface area contributed by atoms with Crippen molar-refractivity contribution in [1.29, 1.82) is 0 Å². The van der Waals surface area contributed by atoms with E-state index in [2.05, 4.69) is 65.6 Å². The number of rotatable bonds is 7. The van der Waals surface area contributed by atoms with Gasteiger partial charge in [0.15, 0.2) is 5.82 Å². The third-order valence-electron chi connectivity index (χ3n) is 3.56. The monoisotopic (exact) mass is 305 g/mol. The Bertz CT molecular complexity index is 610. The number of nitrogens with one attached hydrogen (secondary N) is 2. The van der Waals surface area contributed by atoms with Crippen LogP contribution in [0.2, 0.25) is 0 Å². The molecule has 21 heavy (non-hydrogen) atoms. The fraction of sp³-hybridized carbons (Fsp3) is 0.467. The van der Waals surface area contributed by atoms with Crippen LogP contribution in [0.25, 0.3) is 0 Å². The summed E-state index contributed by atoms with van der Waals surface area (Å²) in [7, 11) is 0. The van der Waals surface area contributed by atoms with Crippen LogP contribution in [-0.2, 0) is 13.0 Å². The predicted molar refractivity (Wildman–Crippen MR) is 89.9 cm³/mol. The summed E-state index contributed by atoms with van der Waals surface area (Å²) in [5.74, 6) is 0.916. The van der Waals surface area contributed by atoms with Crippen molar-refractivity contribution < 1.29 is 0 Å². The van der Waals surface area contributed by atoms with Gasteiger partial charge in [0.25, 0.3) is 0 Å². The third kappa shape index (κ3) is 3.64. The lowest BCUT2D eigenvalue weighted by Crippen LogP contribution is -2.21. The second-order valence-corrected chi connectivity index (χ2v) is 5.19. The molecule has 1 aromatic carbocycles. The molecule has 2 aromatic rings. The Labute approximate surface area is 131 Å². The Balaban J connectivity index is 2.04. The first kappa shape index (κ1) is 15.6. The molecule has 0 spiro atoms. The topological polar surface area (TPSA) is 48.9 Å². The number of aryl methyl sites for hydroxylation is 1. The maximum atomic E-state index is 5.22. The summed E-state index contributed by atoms with van der Waals surface area (Å²) in [5.41, 5.74) is 5.79. The van der Waals surface area contributed by atoms with E-state index in [9.17, 15) is 0 Å². The molecule has 5 nitrogen and oxygen atoms in total. The third-order valence-corrected chi connectivity index (χ3v) is 3.84. The van der Waals surface area contributed by atoms with E-state index < -0.39 is 0 Å². The molecular weight excluding hydrogens is 282 g/mol. The molecule has 0 saturated carbocycles. The van der Waals surface area contributed by atoms with Gasteiger partial charge in [0.1, 0.15) is 0 Å². The number of hydrogen-bond acceptors (Lipinski definition) is 4. The maximum Gasteiger partial charge on any atom is 0.214 e. The zero-order valence-electron chi connectivity index (χ0n) is 12.9. The number of aromatic nitrogens is 3. The van der Waals surface area contributed by atoms with Gasteiger partial charge >= 0.3 is 0 Å². The number of H-pyrrole nitrogens is 1. The first-order valence-electron chi connectivity index (χ1n) is 7.43. The van der Waals surface area contributed by atoms with Gasteiger partial charge < -0.3 is 10.3 Å². The van der Waals surface area contributed by atoms with Gasteiger partial charge in [0.2, 0.25) is 4.77 Å². The highest BCUT2D eigenvalue weighted by Crippen LogP contribution is 2.15. The normalized spacial score (nSPS) is 10.6. The van der Waals surface area contributed by atoms with Gasteiger partial charge in [-0.15, -0.1) is 0 Å². The summed E-state index contributed by atoms with van der Waals surface area (Å²) in [6, 6.07) is 8.63. The van der Waals surface area contributed by atoms with Crippen LogP contribution >= 0.6 is 12.2 Å². The minimum atomic E-state index is 0.603. The molecule has 0 aliphatic heterocycles. The molecule has 114 valence electrons. The van der Waals surface area contributed by atoms with Gasteiger partial charge in [0, 0.05) is 25.2 Å². The van der Waals surface area contributed by atoms with Gasteiger partial charge in [-0.1, -0.05) is 19.1 Å². The molecule has 0 aliphatic rings. The summed E-state index contributed by atoms with van der Waals surface area (Å²) in [6.45, 7) is 9.18. The number of anilines is 1. The summed E-state index contributed by atoms with van der Waals surface area (Å²) in [4.78, 5) is 2.33. The zero-order chi connectivity index (χ0) is 15.2. The van der Waals surface area contributed by atoms with Crippen LogP contribution < -0.4 is 10.3 Å². The van der Waals surface area contributed by atoms with E-state index in [0.717, 1.165) is 31.9 Å². The number of benzene rings is 1. The van der Waals surface area contributed by atoms with Crippen LogP contribution in [0.4, 0.5) is 5.69 Å². The lowest BCUT2D eigenvalue weighted by molar-refractivity contribution is 0.763. The lowest BCUT2D eigenvalue weighted by atomic mass is 10.2. The van der Waals surface area contributed by atoms with Crippen LogP contribution in [0, 0.1) is 4.77 Å². The van der Waals surface area contributed by atoms with Gasteiger partial charge in [0.05, 0.1) is 6.54 Å². The summed E-state index contributed by atoms with van der Waals surface area (Å²) >= 11 is 5.22. The van der Waals surface area contributed by atoms with Crippen LogP contribution in [0.1, 0.15) is 32.2 Å². The standard InChI is InChI=1S/C15H23N5S/c1-4-14-17-18-15(21)20(14)16-11-12-7-9-13(10-8-12)19(5-2)6-3/h7-10,16H,4-6,11H2,1-3H3,(H,18,21). The molecule has 1 heterocycles. The average Bonchev–Trinajstić information content (AvgIpc) is 2.88. The van der Waals surface area contributed by atoms with Crippen LogP contribution in [0.15, 0.2) is 24.3 Å². The number of hydrogen-bond donors (Lipinski definition) is 2. The van der Waals surface area contributed by atoms with Crippen molar-refractivity contribution in [2.75, 3.05) is 23.4 Å². The van der Waals surface area contributed by atoms with Crippen LogP contribution in [0.5, 0.6) is 0 Å². The van der Waals surface area contributed by atoms with Crippen LogP contribution in [0.3, 0.4) is 0 Å².